The Morgan fingerprint density at radius 1 is 1.07 bits per heavy atom. The molecule has 2 heterocycles. The predicted octanol–water partition coefficient (Wildman–Crippen LogP) is 4.67. The zero-order valence-corrected chi connectivity index (χ0v) is 15.9. The molecule has 1 aliphatic carbocycles. The second-order valence-electron chi connectivity index (χ2n) is 7.28. The standard InChI is InChI=1S/C21H26N6/c1-15-8-6-7-11-19(15)25-21-22-13-18(16-12-23-27(2)14-16)20(26-21)24-17-9-4-3-5-10-17/h6-8,11-14,17H,3-5,9-10H2,1-2H3,(H2,22,24,25,26). The lowest BCUT2D eigenvalue weighted by Crippen LogP contribution is -2.23. The van der Waals surface area contributed by atoms with Gasteiger partial charge in [-0.1, -0.05) is 37.5 Å². The molecule has 0 saturated heterocycles. The van der Waals surface area contributed by atoms with E-state index in [0.29, 0.717) is 12.0 Å². The lowest BCUT2D eigenvalue weighted by molar-refractivity contribution is 0.462. The SMILES string of the molecule is Cc1ccccc1Nc1ncc(-c2cnn(C)c2)c(NC2CCCCC2)n1. The van der Waals surface area contributed by atoms with E-state index in [9.17, 15) is 0 Å². The summed E-state index contributed by atoms with van der Waals surface area (Å²) in [6.07, 6.45) is 12.0. The fourth-order valence-electron chi connectivity index (χ4n) is 3.60. The Hall–Kier alpha value is -2.89. The molecule has 0 amide bonds. The summed E-state index contributed by atoms with van der Waals surface area (Å²) in [5, 5.41) is 11.3. The van der Waals surface area contributed by atoms with Gasteiger partial charge in [-0.3, -0.25) is 4.68 Å². The van der Waals surface area contributed by atoms with E-state index >= 15 is 0 Å². The molecule has 4 rings (SSSR count). The van der Waals surface area contributed by atoms with Crippen molar-refractivity contribution < 1.29 is 0 Å². The molecule has 1 fully saturated rings. The highest BCUT2D eigenvalue weighted by Gasteiger charge is 2.18. The highest BCUT2D eigenvalue weighted by molar-refractivity contribution is 5.75. The van der Waals surface area contributed by atoms with Crippen molar-refractivity contribution in [3.05, 3.63) is 48.4 Å². The highest BCUT2D eigenvalue weighted by atomic mass is 15.2. The molecule has 1 aromatic carbocycles. The Morgan fingerprint density at radius 3 is 2.63 bits per heavy atom. The van der Waals surface area contributed by atoms with Gasteiger partial charge in [0.05, 0.1) is 6.20 Å². The van der Waals surface area contributed by atoms with Crippen molar-refractivity contribution >= 4 is 17.5 Å². The zero-order chi connectivity index (χ0) is 18.6. The molecule has 0 unspecified atom stereocenters. The van der Waals surface area contributed by atoms with Crippen LogP contribution in [0.3, 0.4) is 0 Å². The van der Waals surface area contributed by atoms with Crippen LogP contribution in [0.25, 0.3) is 11.1 Å². The first kappa shape index (κ1) is 17.5. The van der Waals surface area contributed by atoms with Crippen LogP contribution < -0.4 is 10.6 Å². The molecule has 27 heavy (non-hydrogen) atoms. The van der Waals surface area contributed by atoms with Crippen molar-refractivity contribution in [2.24, 2.45) is 7.05 Å². The van der Waals surface area contributed by atoms with E-state index in [1.165, 1.54) is 37.7 Å². The van der Waals surface area contributed by atoms with Crippen molar-refractivity contribution in [3.63, 3.8) is 0 Å². The maximum Gasteiger partial charge on any atom is 0.229 e. The number of hydrogen-bond acceptors (Lipinski definition) is 5. The van der Waals surface area contributed by atoms with Gasteiger partial charge in [0.1, 0.15) is 5.82 Å². The van der Waals surface area contributed by atoms with Crippen LogP contribution in [-0.4, -0.2) is 25.8 Å². The third kappa shape index (κ3) is 4.10. The maximum absolute atomic E-state index is 4.82. The minimum absolute atomic E-state index is 0.468. The lowest BCUT2D eigenvalue weighted by Gasteiger charge is -2.24. The second-order valence-corrected chi connectivity index (χ2v) is 7.28. The van der Waals surface area contributed by atoms with Crippen LogP contribution in [0.15, 0.2) is 42.9 Å². The summed E-state index contributed by atoms with van der Waals surface area (Å²) in [7, 11) is 1.92. The quantitative estimate of drug-likeness (QED) is 0.690. The molecule has 0 bridgehead atoms. The van der Waals surface area contributed by atoms with Gasteiger partial charge in [-0.15, -0.1) is 0 Å². The van der Waals surface area contributed by atoms with E-state index in [-0.39, 0.29) is 0 Å². The molecule has 0 radical (unpaired) electrons. The summed E-state index contributed by atoms with van der Waals surface area (Å²) in [6.45, 7) is 2.08. The third-order valence-corrected chi connectivity index (χ3v) is 5.14. The smallest absolute Gasteiger partial charge is 0.229 e. The predicted molar refractivity (Wildman–Crippen MR) is 109 cm³/mol. The summed E-state index contributed by atoms with van der Waals surface area (Å²) < 4.78 is 1.80. The highest BCUT2D eigenvalue weighted by Crippen LogP contribution is 2.30. The summed E-state index contributed by atoms with van der Waals surface area (Å²) in [5.74, 6) is 1.48. The molecule has 6 heteroatoms. The molecule has 140 valence electrons. The average molecular weight is 362 g/mol. The molecule has 3 aromatic rings. The number of nitrogens with zero attached hydrogens (tertiary/aromatic N) is 4. The number of aromatic nitrogens is 4. The Morgan fingerprint density at radius 2 is 1.89 bits per heavy atom. The van der Waals surface area contributed by atoms with Gasteiger partial charge in [-0.2, -0.15) is 10.1 Å². The fraction of sp³-hybridized carbons (Fsp3) is 0.381. The van der Waals surface area contributed by atoms with Gasteiger partial charge in [0, 0.05) is 42.3 Å². The molecule has 2 N–H and O–H groups in total. The van der Waals surface area contributed by atoms with Gasteiger partial charge in [0.25, 0.3) is 0 Å². The van der Waals surface area contributed by atoms with Crippen LogP contribution >= 0.6 is 0 Å². The first-order chi connectivity index (χ1) is 13.2. The fourth-order valence-corrected chi connectivity index (χ4v) is 3.60. The maximum atomic E-state index is 4.82. The van der Waals surface area contributed by atoms with Crippen molar-refractivity contribution in [2.75, 3.05) is 10.6 Å². The Bertz CT molecular complexity index is 911. The van der Waals surface area contributed by atoms with Crippen molar-refractivity contribution in [2.45, 2.75) is 45.1 Å². The number of aryl methyl sites for hydroxylation is 2. The monoisotopic (exact) mass is 362 g/mol. The minimum Gasteiger partial charge on any atom is -0.367 e. The average Bonchev–Trinajstić information content (AvgIpc) is 3.11. The van der Waals surface area contributed by atoms with Crippen LogP contribution in [0, 0.1) is 6.92 Å². The Labute approximate surface area is 160 Å². The number of rotatable bonds is 5. The van der Waals surface area contributed by atoms with Gasteiger partial charge < -0.3 is 10.6 Å². The van der Waals surface area contributed by atoms with Gasteiger partial charge in [0.15, 0.2) is 0 Å². The largest absolute Gasteiger partial charge is 0.367 e. The number of anilines is 3. The van der Waals surface area contributed by atoms with E-state index in [2.05, 4.69) is 33.7 Å². The van der Waals surface area contributed by atoms with Crippen molar-refractivity contribution in [1.29, 1.82) is 0 Å². The number of nitrogens with one attached hydrogen (secondary N) is 2. The van der Waals surface area contributed by atoms with Crippen LogP contribution in [0.5, 0.6) is 0 Å². The van der Waals surface area contributed by atoms with E-state index in [1.807, 2.05) is 43.8 Å². The van der Waals surface area contributed by atoms with E-state index < -0.39 is 0 Å². The van der Waals surface area contributed by atoms with Crippen LogP contribution in [0.1, 0.15) is 37.7 Å². The van der Waals surface area contributed by atoms with Crippen molar-refractivity contribution in [1.82, 2.24) is 19.7 Å². The minimum atomic E-state index is 0.468. The summed E-state index contributed by atoms with van der Waals surface area (Å²) in [6, 6.07) is 8.63. The van der Waals surface area contributed by atoms with Crippen LogP contribution in [-0.2, 0) is 7.05 Å². The van der Waals surface area contributed by atoms with E-state index in [1.54, 1.807) is 4.68 Å². The van der Waals surface area contributed by atoms with Crippen LogP contribution in [0.4, 0.5) is 17.5 Å². The number of para-hydroxylation sites is 1. The third-order valence-electron chi connectivity index (χ3n) is 5.14. The normalized spacial score (nSPS) is 14.9. The molecular formula is C21H26N6. The molecule has 0 aliphatic heterocycles. The second kappa shape index (κ2) is 7.78. The molecule has 2 aromatic heterocycles. The Kier molecular flexibility index (Phi) is 5.05. The van der Waals surface area contributed by atoms with E-state index in [0.717, 1.165) is 22.6 Å². The van der Waals surface area contributed by atoms with Gasteiger partial charge in [-0.05, 0) is 31.4 Å². The number of benzene rings is 1. The molecule has 0 atom stereocenters. The first-order valence-corrected chi connectivity index (χ1v) is 9.64. The molecule has 6 nitrogen and oxygen atoms in total. The first-order valence-electron chi connectivity index (χ1n) is 9.64. The molecule has 1 aliphatic rings. The summed E-state index contributed by atoms with van der Waals surface area (Å²) >= 11 is 0. The molecular weight excluding hydrogens is 336 g/mol. The molecule has 0 spiro atoms. The van der Waals surface area contributed by atoms with Gasteiger partial charge in [-0.25, -0.2) is 4.98 Å². The Balaban J connectivity index is 1.66. The van der Waals surface area contributed by atoms with Crippen molar-refractivity contribution in [3.8, 4) is 11.1 Å². The number of hydrogen-bond donors (Lipinski definition) is 2. The van der Waals surface area contributed by atoms with Gasteiger partial charge in [0.2, 0.25) is 5.95 Å². The topological polar surface area (TPSA) is 67.7 Å². The molecule has 1 saturated carbocycles. The lowest BCUT2D eigenvalue weighted by atomic mass is 9.95. The van der Waals surface area contributed by atoms with Gasteiger partial charge >= 0.3 is 0 Å². The summed E-state index contributed by atoms with van der Waals surface area (Å²) in [5.41, 5.74) is 4.21. The van der Waals surface area contributed by atoms with E-state index in [4.69, 9.17) is 4.98 Å². The van der Waals surface area contributed by atoms with Crippen LogP contribution in [0.2, 0.25) is 0 Å². The summed E-state index contributed by atoms with van der Waals surface area (Å²) in [4.78, 5) is 9.37. The zero-order valence-electron chi connectivity index (χ0n) is 15.9.